The summed E-state index contributed by atoms with van der Waals surface area (Å²) < 4.78 is 1.32. The summed E-state index contributed by atoms with van der Waals surface area (Å²) in [5.74, 6) is 0. The van der Waals surface area contributed by atoms with Crippen molar-refractivity contribution in [2.75, 3.05) is 0 Å². The van der Waals surface area contributed by atoms with Crippen molar-refractivity contribution in [2.45, 2.75) is 5.37 Å². The smallest absolute Gasteiger partial charge is 0.154 e. The molecule has 1 aromatic heterocycles. The molecular weight excluding hydrogens is 244 g/mol. The summed E-state index contributed by atoms with van der Waals surface area (Å²) in [7, 11) is 0. The van der Waals surface area contributed by atoms with Gasteiger partial charge in [-0.25, -0.2) is 0 Å². The largest absolute Gasteiger partial charge is 0.628 e. The van der Waals surface area contributed by atoms with Crippen molar-refractivity contribution in [3.63, 3.8) is 0 Å². The van der Waals surface area contributed by atoms with Crippen LogP contribution >= 0.6 is 24.8 Å². The lowest BCUT2D eigenvalue weighted by Crippen LogP contribution is -3.05. The molecule has 0 spiro atoms. The van der Waals surface area contributed by atoms with Gasteiger partial charge in [0.05, 0.1) is 6.20 Å². The molecule has 0 bridgehead atoms. The summed E-state index contributed by atoms with van der Waals surface area (Å²) in [5, 5.41) is 19.2. The molecule has 1 aliphatic rings. The van der Waals surface area contributed by atoms with Gasteiger partial charge < -0.3 is 15.5 Å². The van der Waals surface area contributed by atoms with E-state index in [4.69, 9.17) is 5.21 Å². The zero-order valence-electron chi connectivity index (χ0n) is 8.35. The lowest BCUT2D eigenvalue weighted by molar-refractivity contribution is -0.795. The van der Waals surface area contributed by atoms with E-state index in [1.165, 1.54) is 12.4 Å². The van der Waals surface area contributed by atoms with Crippen LogP contribution in [0, 0.1) is 9.85 Å². The molecule has 0 radical (unpaired) electrons. The van der Waals surface area contributed by atoms with Crippen LogP contribution in [-0.4, -0.2) is 15.3 Å². The number of pyridine rings is 1. The van der Waals surface area contributed by atoms with Crippen LogP contribution in [0.1, 0.15) is 0 Å². The molecule has 1 aromatic rings. The summed E-state index contributed by atoms with van der Waals surface area (Å²) in [6, 6.07) is 5.13. The Morgan fingerprint density at radius 3 is 2.56 bits per heavy atom. The number of hydrogen-bond donors (Lipinski definition) is 3. The lowest BCUT2D eigenvalue weighted by atomic mass is 10.4. The Kier molecular flexibility index (Phi) is 5.27. The van der Waals surface area contributed by atoms with Crippen LogP contribution in [-0.2, 0) is 0 Å². The minimum absolute atomic E-state index is 0.0656. The van der Waals surface area contributed by atoms with Crippen LogP contribution < -0.4 is 5.06 Å². The Labute approximate surface area is 104 Å². The van der Waals surface area contributed by atoms with E-state index >= 15 is 0 Å². The van der Waals surface area contributed by atoms with Crippen LogP contribution in [0.3, 0.4) is 0 Å². The highest BCUT2D eigenvalue weighted by Crippen LogP contribution is 1.90. The number of allylic oxidation sites excluding steroid dienone is 2. The first-order chi connectivity index (χ1) is 7.61. The van der Waals surface area contributed by atoms with Crippen LogP contribution in [0.4, 0.5) is 0 Å². The predicted molar refractivity (Wildman–Crippen MR) is 67.8 cm³/mol. The van der Waals surface area contributed by atoms with E-state index in [-0.39, 0.29) is 10.4 Å². The van der Waals surface area contributed by atoms with E-state index < -0.39 is 0 Å². The van der Waals surface area contributed by atoms with Crippen LogP contribution in [0.15, 0.2) is 48.8 Å². The molecule has 0 saturated carbocycles. The third-order valence-corrected chi connectivity index (χ3v) is 2.51. The normalized spacial score (nSPS) is 22.4. The highest BCUT2D eigenvalue weighted by molar-refractivity contribution is 7.80. The molecule has 0 saturated heterocycles. The third kappa shape index (κ3) is 4.19. The number of hydrogen-bond acceptors (Lipinski definition) is 4. The van der Waals surface area contributed by atoms with Crippen molar-refractivity contribution < 1.29 is 10.3 Å². The van der Waals surface area contributed by atoms with Gasteiger partial charge in [0.2, 0.25) is 0 Å². The van der Waals surface area contributed by atoms with Crippen molar-refractivity contribution in [3.8, 4) is 0 Å². The Morgan fingerprint density at radius 2 is 2.19 bits per heavy atom. The molecule has 4 nitrogen and oxygen atoms in total. The van der Waals surface area contributed by atoms with Gasteiger partial charge in [-0.1, -0.05) is 24.4 Å². The average Bonchev–Trinajstić information content (AvgIpc) is 2.28. The first-order valence-electron chi connectivity index (χ1n) is 4.55. The van der Waals surface area contributed by atoms with Crippen molar-refractivity contribution >= 4 is 24.8 Å². The van der Waals surface area contributed by atoms with Crippen molar-refractivity contribution in [1.82, 2.24) is 4.73 Å². The topological polar surface area (TPSA) is 52.7 Å². The molecule has 16 heavy (non-hydrogen) atoms. The van der Waals surface area contributed by atoms with Crippen molar-refractivity contribution in [2.24, 2.45) is 0 Å². The highest BCUT2D eigenvalue weighted by atomic mass is 32.1. The zero-order chi connectivity index (χ0) is 12.0. The average molecular weight is 256 g/mol. The SMILES string of the molecule is On1ccccc1=S.[O-][NH+]1C=CC=CC1S. The molecule has 0 aliphatic carbocycles. The molecule has 0 fully saturated rings. The van der Waals surface area contributed by atoms with E-state index in [0.29, 0.717) is 4.64 Å². The first kappa shape index (κ1) is 13.0. The second-order valence-corrected chi connectivity index (χ2v) is 3.95. The molecule has 6 heteroatoms. The number of aromatic nitrogens is 1. The molecule has 2 unspecified atom stereocenters. The van der Waals surface area contributed by atoms with Crippen LogP contribution in [0.5, 0.6) is 0 Å². The minimum Gasteiger partial charge on any atom is -0.628 e. The van der Waals surface area contributed by atoms with Gasteiger partial charge in [0.25, 0.3) is 0 Å². The third-order valence-electron chi connectivity index (χ3n) is 1.76. The summed E-state index contributed by atoms with van der Waals surface area (Å²) >= 11 is 8.63. The Bertz CT molecular complexity index is 426. The maximum Gasteiger partial charge on any atom is 0.154 e. The van der Waals surface area contributed by atoms with Gasteiger partial charge >= 0.3 is 0 Å². The maximum absolute atomic E-state index is 10.6. The molecule has 1 aliphatic heterocycles. The summed E-state index contributed by atoms with van der Waals surface area (Å²) in [6.45, 7) is 0. The number of hydroxylamine groups is 2. The van der Waals surface area contributed by atoms with Gasteiger partial charge in [-0.2, -0.15) is 4.73 Å². The number of rotatable bonds is 0. The summed E-state index contributed by atoms with van der Waals surface area (Å²) in [4.78, 5) is 0. The Morgan fingerprint density at radius 1 is 1.44 bits per heavy atom. The summed E-state index contributed by atoms with van der Waals surface area (Å²) in [5.41, 5.74) is 0. The first-order valence-corrected chi connectivity index (χ1v) is 5.47. The van der Waals surface area contributed by atoms with Gasteiger partial charge in [-0.15, -0.1) is 12.6 Å². The number of quaternary nitrogens is 1. The predicted octanol–water partition coefficient (Wildman–Crippen LogP) is 1.16. The second kappa shape index (κ2) is 6.49. The van der Waals surface area contributed by atoms with Gasteiger partial charge in [-0.05, 0) is 24.3 Å². The number of thiol groups is 1. The van der Waals surface area contributed by atoms with Crippen molar-refractivity contribution in [1.29, 1.82) is 0 Å². The molecular formula is C10H12N2O2S2. The maximum atomic E-state index is 10.6. The Hall–Kier alpha value is -1.08. The minimum atomic E-state index is -0.208. The van der Waals surface area contributed by atoms with E-state index in [1.54, 1.807) is 30.4 Å². The number of nitrogens with zero attached hydrogens (tertiary/aromatic N) is 1. The van der Waals surface area contributed by atoms with Crippen LogP contribution in [0.2, 0.25) is 0 Å². The second-order valence-electron chi connectivity index (χ2n) is 2.97. The van der Waals surface area contributed by atoms with E-state index in [1.807, 2.05) is 6.08 Å². The highest BCUT2D eigenvalue weighted by Gasteiger charge is 2.03. The van der Waals surface area contributed by atoms with E-state index in [9.17, 15) is 5.21 Å². The van der Waals surface area contributed by atoms with Gasteiger partial charge in [0.15, 0.2) is 5.37 Å². The quantitative estimate of drug-likeness (QED) is 0.283. The van der Waals surface area contributed by atoms with Gasteiger partial charge in [0.1, 0.15) is 4.64 Å². The van der Waals surface area contributed by atoms with E-state index in [2.05, 4.69) is 24.8 Å². The molecule has 2 N–H and O–H groups in total. The molecule has 86 valence electrons. The van der Waals surface area contributed by atoms with E-state index in [0.717, 1.165) is 4.73 Å². The molecule has 2 rings (SSSR count). The fourth-order valence-electron chi connectivity index (χ4n) is 0.932. The number of nitrogens with one attached hydrogen (secondary N) is 1. The zero-order valence-corrected chi connectivity index (χ0v) is 10.1. The summed E-state index contributed by atoms with van der Waals surface area (Å²) in [6.07, 6.45) is 8.31. The van der Waals surface area contributed by atoms with Gasteiger partial charge in [-0.3, -0.25) is 0 Å². The molecule has 0 amide bonds. The van der Waals surface area contributed by atoms with Crippen LogP contribution in [0.25, 0.3) is 0 Å². The Balaban J connectivity index is 0.000000160. The lowest BCUT2D eigenvalue weighted by Gasteiger charge is -2.22. The van der Waals surface area contributed by atoms with Gasteiger partial charge in [0, 0.05) is 6.20 Å². The fraction of sp³-hybridized carbons (Fsp3) is 0.100. The molecule has 2 atom stereocenters. The molecule has 2 heterocycles. The van der Waals surface area contributed by atoms with Crippen molar-refractivity contribution in [3.05, 3.63) is 58.7 Å². The monoisotopic (exact) mass is 256 g/mol. The fourth-order valence-corrected chi connectivity index (χ4v) is 1.26. The molecule has 0 aromatic carbocycles. The standard InChI is InChI=1S/C5H7NOS.C5H5NOS/c2*7-6-4-2-1-3-5(6)8/h1-6,8H;1-4,7H.